The fourth-order valence-electron chi connectivity index (χ4n) is 1.70. The molecule has 0 amide bonds. The van der Waals surface area contributed by atoms with Crippen LogP contribution in [-0.2, 0) is 21.2 Å². The van der Waals surface area contributed by atoms with Crippen LogP contribution in [0.4, 0.5) is 5.69 Å². The summed E-state index contributed by atoms with van der Waals surface area (Å²) in [7, 11) is -1.63. The molecule has 0 atom stereocenters. The Hall–Kier alpha value is -1.27. The van der Waals surface area contributed by atoms with E-state index in [4.69, 9.17) is 9.47 Å². The summed E-state index contributed by atoms with van der Waals surface area (Å²) in [5.74, 6) is 0.776. The molecule has 19 heavy (non-hydrogen) atoms. The fourth-order valence-corrected chi connectivity index (χ4v) is 2.25. The molecule has 0 radical (unpaired) electrons. The van der Waals surface area contributed by atoms with E-state index in [1.165, 1.54) is 0 Å². The summed E-state index contributed by atoms with van der Waals surface area (Å²) in [6, 6.07) is 5.29. The van der Waals surface area contributed by atoms with Crippen molar-refractivity contribution < 1.29 is 17.9 Å². The van der Waals surface area contributed by atoms with E-state index >= 15 is 0 Å². The van der Waals surface area contributed by atoms with Crippen LogP contribution in [0.1, 0.15) is 18.9 Å². The molecule has 0 aromatic heterocycles. The molecule has 0 saturated carbocycles. The highest BCUT2D eigenvalue weighted by molar-refractivity contribution is 7.92. The number of nitrogens with one attached hydrogen (secondary N) is 1. The first-order valence-corrected chi connectivity index (χ1v) is 8.08. The lowest BCUT2D eigenvalue weighted by Crippen LogP contribution is -2.10. The van der Waals surface area contributed by atoms with E-state index in [-0.39, 0.29) is 0 Å². The van der Waals surface area contributed by atoms with Gasteiger partial charge in [0.2, 0.25) is 10.0 Å². The number of aryl methyl sites for hydroxylation is 1. The maximum Gasteiger partial charge on any atom is 0.229 e. The Kier molecular flexibility index (Phi) is 6.11. The van der Waals surface area contributed by atoms with Gasteiger partial charge in [0.25, 0.3) is 0 Å². The van der Waals surface area contributed by atoms with Crippen molar-refractivity contribution in [2.75, 3.05) is 31.3 Å². The van der Waals surface area contributed by atoms with Gasteiger partial charge in [0.1, 0.15) is 12.4 Å². The van der Waals surface area contributed by atoms with Gasteiger partial charge in [-0.3, -0.25) is 4.72 Å². The molecule has 0 aliphatic rings. The van der Waals surface area contributed by atoms with Crippen molar-refractivity contribution in [3.05, 3.63) is 23.8 Å². The summed E-state index contributed by atoms with van der Waals surface area (Å²) >= 11 is 0. The lowest BCUT2D eigenvalue weighted by Gasteiger charge is -2.13. The number of methoxy groups -OCH3 is 1. The van der Waals surface area contributed by atoms with Gasteiger partial charge in [-0.25, -0.2) is 8.42 Å². The lowest BCUT2D eigenvalue weighted by atomic mass is 10.1. The average molecular weight is 287 g/mol. The highest BCUT2D eigenvalue weighted by Gasteiger charge is 2.07. The summed E-state index contributed by atoms with van der Waals surface area (Å²) < 4.78 is 35.4. The van der Waals surface area contributed by atoms with Crippen LogP contribution >= 0.6 is 0 Å². The molecular weight excluding hydrogens is 266 g/mol. The molecule has 0 bridgehead atoms. The summed E-state index contributed by atoms with van der Waals surface area (Å²) in [5, 5.41) is 0. The second kappa shape index (κ2) is 7.35. The molecule has 0 spiro atoms. The van der Waals surface area contributed by atoms with Crippen LogP contribution < -0.4 is 9.46 Å². The molecule has 1 rings (SSSR count). The Morgan fingerprint density at radius 1 is 1.26 bits per heavy atom. The second-order valence-electron chi connectivity index (χ2n) is 4.29. The molecule has 5 nitrogen and oxygen atoms in total. The minimum absolute atomic E-state index is 0.478. The average Bonchev–Trinajstić information content (AvgIpc) is 2.30. The molecule has 0 unspecified atom stereocenters. The number of rotatable bonds is 8. The van der Waals surface area contributed by atoms with Gasteiger partial charge < -0.3 is 9.47 Å². The van der Waals surface area contributed by atoms with Crippen LogP contribution in [-0.4, -0.2) is 35.0 Å². The van der Waals surface area contributed by atoms with Crippen LogP contribution in [0.15, 0.2) is 18.2 Å². The maximum atomic E-state index is 11.2. The molecule has 0 aliphatic carbocycles. The van der Waals surface area contributed by atoms with Gasteiger partial charge in [-0.05, 0) is 30.2 Å². The van der Waals surface area contributed by atoms with Crippen LogP contribution in [0.3, 0.4) is 0 Å². The van der Waals surface area contributed by atoms with Crippen molar-refractivity contribution in [1.29, 1.82) is 0 Å². The van der Waals surface area contributed by atoms with Crippen molar-refractivity contribution in [3.8, 4) is 5.75 Å². The molecule has 0 fully saturated rings. The van der Waals surface area contributed by atoms with Gasteiger partial charge in [-0.15, -0.1) is 0 Å². The number of sulfonamides is 1. The third kappa shape index (κ3) is 5.94. The first kappa shape index (κ1) is 15.8. The third-order valence-electron chi connectivity index (χ3n) is 2.43. The molecule has 6 heteroatoms. The molecule has 0 aliphatic heterocycles. The second-order valence-corrected chi connectivity index (χ2v) is 6.04. The summed E-state index contributed by atoms with van der Waals surface area (Å²) in [5.41, 5.74) is 1.55. The van der Waals surface area contributed by atoms with Crippen molar-refractivity contribution in [2.24, 2.45) is 0 Å². The minimum atomic E-state index is -3.25. The van der Waals surface area contributed by atoms with Gasteiger partial charge in [0.15, 0.2) is 0 Å². The Balaban J connectivity index is 2.87. The van der Waals surface area contributed by atoms with Crippen LogP contribution in [0.2, 0.25) is 0 Å². The molecule has 1 N–H and O–H groups in total. The Morgan fingerprint density at radius 3 is 2.58 bits per heavy atom. The molecule has 108 valence electrons. The van der Waals surface area contributed by atoms with Crippen molar-refractivity contribution in [3.63, 3.8) is 0 Å². The molecule has 1 aromatic rings. The fraction of sp³-hybridized carbons (Fsp3) is 0.538. The highest BCUT2D eigenvalue weighted by atomic mass is 32.2. The van der Waals surface area contributed by atoms with E-state index in [1.807, 2.05) is 6.07 Å². The van der Waals surface area contributed by atoms with Crippen molar-refractivity contribution in [1.82, 2.24) is 0 Å². The van der Waals surface area contributed by atoms with E-state index in [0.717, 1.165) is 30.4 Å². The SMILES string of the molecule is CCCc1cc(NS(C)(=O)=O)ccc1OCCOC. The zero-order valence-corrected chi connectivity index (χ0v) is 12.4. The maximum absolute atomic E-state index is 11.2. The summed E-state index contributed by atoms with van der Waals surface area (Å²) in [6.07, 6.45) is 2.93. The monoisotopic (exact) mass is 287 g/mol. The largest absolute Gasteiger partial charge is 0.491 e. The quantitative estimate of drug-likeness (QED) is 0.743. The zero-order valence-electron chi connectivity index (χ0n) is 11.6. The van der Waals surface area contributed by atoms with Gasteiger partial charge in [0, 0.05) is 12.8 Å². The first-order valence-electron chi connectivity index (χ1n) is 6.18. The predicted molar refractivity (Wildman–Crippen MR) is 76.3 cm³/mol. The summed E-state index contributed by atoms with van der Waals surface area (Å²) in [6.45, 7) is 3.07. The van der Waals surface area contributed by atoms with E-state index in [2.05, 4.69) is 11.6 Å². The summed E-state index contributed by atoms with van der Waals surface area (Å²) in [4.78, 5) is 0. The van der Waals surface area contributed by atoms with Crippen LogP contribution in [0.25, 0.3) is 0 Å². The molecule has 0 heterocycles. The van der Waals surface area contributed by atoms with E-state index in [0.29, 0.717) is 18.9 Å². The standard InChI is InChI=1S/C13H21NO4S/c1-4-5-11-10-12(14-19(3,15)16)6-7-13(11)18-9-8-17-2/h6-7,10,14H,4-5,8-9H2,1-3H3. The van der Waals surface area contributed by atoms with Gasteiger partial charge in [-0.1, -0.05) is 13.3 Å². The minimum Gasteiger partial charge on any atom is -0.491 e. The number of benzene rings is 1. The molecule has 0 saturated heterocycles. The van der Waals surface area contributed by atoms with E-state index < -0.39 is 10.0 Å². The zero-order chi connectivity index (χ0) is 14.3. The normalized spacial score (nSPS) is 11.3. The Labute approximate surface area is 115 Å². The Bertz CT molecular complexity index is 499. The van der Waals surface area contributed by atoms with Gasteiger partial charge >= 0.3 is 0 Å². The van der Waals surface area contributed by atoms with E-state index in [9.17, 15) is 8.42 Å². The topological polar surface area (TPSA) is 64.6 Å². The highest BCUT2D eigenvalue weighted by Crippen LogP contribution is 2.24. The lowest BCUT2D eigenvalue weighted by molar-refractivity contribution is 0.146. The predicted octanol–water partition coefficient (Wildman–Crippen LogP) is 2.04. The van der Waals surface area contributed by atoms with Crippen molar-refractivity contribution >= 4 is 15.7 Å². The molecular formula is C13H21NO4S. The molecule has 1 aromatic carbocycles. The number of hydrogen-bond donors (Lipinski definition) is 1. The smallest absolute Gasteiger partial charge is 0.229 e. The first-order chi connectivity index (χ1) is 8.96. The van der Waals surface area contributed by atoms with Gasteiger partial charge in [0.05, 0.1) is 12.9 Å². The third-order valence-corrected chi connectivity index (χ3v) is 3.03. The van der Waals surface area contributed by atoms with Crippen molar-refractivity contribution in [2.45, 2.75) is 19.8 Å². The van der Waals surface area contributed by atoms with E-state index in [1.54, 1.807) is 19.2 Å². The van der Waals surface area contributed by atoms with Crippen LogP contribution in [0.5, 0.6) is 5.75 Å². The number of ether oxygens (including phenoxy) is 2. The number of anilines is 1. The van der Waals surface area contributed by atoms with Gasteiger partial charge in [-0.2, -0.15) is 0 Å². The number of hydrogen-bond acceptors (Lipinski definition) is 4. The van der Waals surface area contributed by atoms with Crippen LogP contribution in [0, 0.1) is 0 Å². The Morgan fingerprint density at radius 2 is 2.00 bits per heavy atom.